The van der Waals surface area contributed by atoms with Crippen molar-refractivity contribution in [3.63, 3.8) is 0 Å². The van der Waals surface area contributed by atoms with E-state index in [0.29, 0.717) is 28.4 Å². The van der Waals surface area contributed by atoms with Crippen LogP contribution in [-0.2, 0) is 22.7 Å². The third kappa shape index (κ3) is 3.51. The summed E-state index contributed by atoms with van der Waals surface area (Å²) in [6.45, 7) is 1.71. The number of halogens is 4. The van der Waals surface area contributed by atoms with Gasteiger partial charge in [0, 0.05) is 34.7 Å². The maximum absolute atomic E-state index is 13.1. The molecule has 11 heteroatoms. The highest BCUT2D eigenvalue weighted by Crippen LogP contribution is 2.32. The van der Waals surface area contributed by atoms with E-state index in [2.05, 4.69) is 14.8 Å². The smallest absolute Gasteiger partial charge is 0.360 e. The summed E-state index contributed by atoms with van der Waals surface area (Å²) in [5.41, 5.74) is -0.520. The molecular formula is C15H14ClF3N4O2S. The summed E-state index contributed by atoms with van der Waals surface area (Å²) >= 11 is 5.86. The van der Waals surface area contributed by atoms with Crippen LogP contribution < -0.4 is 4.72 Å². The third-order valence-electron chi connectivity index (χ3n) is 3.64. The Kier molecular flexibility index (Phi) is 4.65. The Balaban J connectivity index is 1.99. The predicted octanol–water partition coefficient (Wildman–Crippen LogP) is 4.25. The maximum Gasteiger partial charge on any atom is 0.433 e. The molecule has 0 bridgehead atoms. The average Bonchev–Trinajstić information content (AvgIpc) is 3.10. The van der Waals surface area contributed by atoms with Gasteiger partial charge >= 0.3 is 6.18 Å². The summed E-state index contributed by atoms with van der Waals surface area (Å²) in [7, 11) is -4.14. The quantitative estimate of drug-likeness (QED) is 0.664. The number of anilines is 1. The summed E-state index contributed by atoms with van der Waals surface area (Å²) in [4.78, 5) is 2.66. The van der Waals surface area contributed by atoms with Gasteiger partial charge in [0.05, 0.1) is 0 Å². The summed E-state index contributed by atoms with van der Waals surface area (Å²) in [5, 5.41) is 4.52. The van der Waals surface area contributed by atoms with E-state index in [1.165, 1.54) is 18.3 Å². The van der Waals surface area contributed by atoms with Crippen molar-refractivity contribution >= 4 is 38.3 Å². The van der Waals surface area contributed by atoms with Crippen molar-refractivity contribution in [1.82, 2.24) is 14.8 Å². The van der Waals surface area contributed by atoms with Gasteiger partial charge in [-0.05, 0) is 24.6 Å². The fourth-order valence-electron chi connectivity index (χ4n) is 2.56. The number of aromatic nitrogens is 3. The number of benzene rings is 1. The van der Waals surface area contributed by atoms with Crippen molar-refractivity contribution in [3.05, 3.63) is 41.2 Å². The number of alkyl halides is 3. The lowest BCUT2D eigenvalue weighted by Crippen LogP contribution is -2.14. The standard InChI is InChI=1S/C15H14ClF3N4O2S/c1-2-5-23-13(15(17,18)19)7-14(21-23)22-26(24,25)12-8-20-11-6-9(16)3-4-10(11)12/h3-4,6-8,20H,2,5H2,1H3,(H,21,22). The van der Waals surface area contributed by atoms with Crippen LogP contribution in [0.15, 0.2) is 35.4 Å². The first-order valence-corrected chi connectivity index (χ1v) is 9.42. The number of aryl methyl sites for hydroxylation is 1. The van der Waals surface area contributed by atoms with Gasteiger partial charge in [-0.25, -0.2) is 8.42 Å². The number of aromatic amines is 1. The van der Waals surface area contributed by atoms with Crippen LogP contribution in [0.5, 0.6) is 0 Å². The van der Waals surface area contributed by atoms with Gasteiger partial charge in [-0.3, -0.25) is 9.40 Å². The van der Waals surface area contributed by atoms with Crippen molar-refractivity contribution in [2.45, 2.75) is 31.0 Å². The van der Waals surface area contributed by atoms with Gasteiger partial charge in [0.1, 0.15) is 10.6 Å². The highest BCUT2D eigenvalue weighted by Gasteiger charge is 2.36. The number of hydrogen-bond donors (Lipinski definition) is 2. The van der Waals surface area contributed by atoms with Gasteiger partial charge in [-0.15, -0.1) is 0 Å². The molecule has 1 aromatic carbocycles. The van der Waals surface area contributed by atoms with E-state index < -0.39 is 27.7 Å². The lowest BCUT2D eigenvalue weighted by atomic mass is 10.2. The first kappa shape index (κ1) is 18.6. The van der Waals surface area contributed by atoms with Crippen LogP contribution in [0, 0.1) is 0 Å². The van der Waals surface area contributed by atoms with E-state index >= 15 is 0 Å². The zero-order valence-corrected chi connectivity index (χ0v) is 15.0. The minimum absolute atomic E-state index is 0.0160. The lowest BCUT2D eigenvalue weighted by Gasteiger charge is -2.08. The van der Waals surface area contributed by atoms with Crippen LogP contribution in [0.25, 0.3) is 10.9 Å². The van der Waals surface area contributed by atoms with Gasteiger partial charge in [0.25, 0.3) is 10.0 Å². The second kappa shape index (κ2) is 6.51. The molecule has 26 heavy (non-hydrogen) atoms. The molecule has 0 aliphatic carbocycles. The van der Waals surface area contributed by atoms with Crippen molar-refractivity contribution < 1.29 is 21.6 Å². The van der Waals surface area contributed by atoms with Crippen LogP contribution in [-0.4, -0.2) is 23.2 Å². The highest BCUT2D eigenvalue weighted by atomic mass is 35.5. The predicted molar refractivity (Wildman–Crippen MR) is 91.6 cm³/mol. The summed E-state index contributed by atoms with van der Waals surface area (Å²) in [6, 6.07) is 5.26. The number of H-pyrrole nitrogens is 1. The Morgan fingerprint density at radius 1 is 1.31 bits per heavy atom. The molecule has 0 fully saturated rings. The first-order valence-electron chi connectivity index (χ1n) is 7.56. The SMILES string of the molecule is CCCn1nc(NS(=O)(=O)c2c[nH]c3cc(Cl)ccc23)cc1C(F)(F)F. The van der Waals surface area contributed by atoms with Crippen molar-refractivity contribution in [2.75, 3.05) is 4.72 Å². The molecule has 0 radical (unpaired) electrons. The topological polar surface area (TPSA) is 79.8 Å². The van der Waals surface area contributed by atoms with E-state index in [0.717, 1.165) is 4.68 Å². The highest BCUT2D eigenvalue weighted by molar-refractivity contribution is 7.93. The van der Waals surface area contributed by atoms with Gasteiger partial charge in [0.15, 0.2) is 5.82 Å². The molecule has 0 saturated carbocycles. The summed E-state index contributed by atoms with van der Waals surface area (Å²) in [6.07, 6.45) is -2.97. The van der Waals surface area contributed by atoms with Crippen LogP contribution in [0.1, 0.15) is 19.0 Å². The van der Waals surface area contributed by atoms with Gasteiger partial charge in [-0.1, -0.05) is 18.5 Å². The largest absolute Gasteiger partial charge is 0.433 e. The van der Waals surface area contributed by atoms with Crippen LogP contribution >= 0.6 is 11.6 Å². The monoisotopic (exact) mass is 406 g/mol. The van der Waals surface area contributed by atoms with Crippen LogP contribution in [0.3, 0.4) is 0 Å². The Morgan fingerprint density at radius 2 is 2.04 bits per heavy atom. The molecule has 0 spiro atoms. The molecule has 2 N–H and O–H groups in total. The normalized spacial score (nSPS) is 12.7. The number of hydrogen-bond acceptors (Lipinski definition) is 3. The van der Waals surface area contributed by atoms with E-state index in [1.807, 2.05) is 0 Å². The Hall–Kier alpha value is -2.20. The van der Waals surface area contributed by atoms with Gasteiger partial charge in [0.2, 0.25) is 0 Å². The van der Waals surface area contributed by atoms with Crippen LogP contribution in [0.2, 0.25) is 5.02 Å². The molecule has 2 heterocycles. The average molecular weight is 407 g/mol. The Morgan fingerprint density at radius 3 is 2.69 bits per heavy atom. The molecule has 0 aliphatic rings. The Bertz CT molecular complexity index is 1060. The number of fused-ring (bicyclic) bond motifs is 1. The van der Waals surface area contributed by atoms with E-state index in [-0.39, 0.29) is 11.4 Å². The summed E-state index contributed by atoms with van der Waals surface area (Å²) in [5.74, 6) is -0.394. The Labute approximate surface area is 152 Å². The minimum atomic E-state index is -4.64. The molecule has 0 saturated heterocycles. The fraction of sp³-hybridized carbons (Fsp3) is 0.267. The van der Waals surface area contributed by atoms with Gasteiger partial charge in [-0.2, -0.15) is 18.3 Å². The molecule has 0 amide bonds. The van der Waals surface area contributed by atoms with Gasteiger partial charge < -0.3 is 4.98 Å². The number of sulfonamides is 1. The van der Waals surface area contributed by atoms with E-state index in [1.54, 1.807) is 13.0 Å². The van der Waals surface area contributed by atoms with E-state index in [9.17, 15) is 21.6 Å². The second-order valence-corrected chi connectivity index (χ2v) is 7.67. The molecule has 3 rings (SSSR count). The molecule has 0 aliphatic heterocycles. The molecule has 6 nitrogen and oxygen atoms in total. The number of rotatable bonds is 5. The number of nitrogens with one attached hydrogen (secondary N) is 2. The second-order valence-electron chi connectivity index (χ2n) is 5.58. The van der Waals surface area contributed by atoms with Crippen molar-refractivity contribution in [3.8, 4) is 0 Å². The molecule has 3 aromatic rings. The number of nitrogens with zero attached hydrogens (tertiary/aromatic N) is 2. The lowest BCUT2D eigenvalue weighted by molar-refractivity contribution is -0.144. The molecule has 2 aromatic heterocycles. The molecular weight excluding hydrogens is 393 g/mol. The maximum atomic E-state index is 13.1. The molecule has 140 valence electrons. The van der Waals surface area contributed by atoms with Crippen LogP contribution in [0.4, 0.5) is 19.0 Å². The summed E-state index contributed by atoms with van der Waals surface area (Å²) < 4.78 is 67.3. The molecule has 0 atom stereocenters. The van der Waals surface area contributed by atoms with E-state index in [4.69, 9.17) is 11.6 Å². The zero-order chi connectivity index (χ0) is 19.1. The third-order valence-corrected chi connectivity index (χ3v) is 5.27. The minimum Gasteiger partial charge on any atom is -0.360 e. The van der Waals surface area contributed by atoms with Crippen molar-refractivity contribution in [2.24, 2.45) is 0 Å². The first-order chi connectivity index (χ1) is 12.1. The fourth-order valence-corrected chi connectivity index (χ4v) is 3.90. The molecule has 0 unspecified atom stereocenters. The zero-order valence-electron chi connectivity index (χ0n) is 13.4. The van der Waals surface area contributed by atoms with Crippen molar-refractivity contribution in [1.29, 1.82) is 0 Å².